The summed E-state index contributed by atoms with van der Waals surface area (Å²) < 4.78 is 10.8. The third-order valence-electron chi connectivity index (χ3n) is 5.14. The van der Waals surface area contributed by atoms with Crippen molar-refractivity contribution in [3.63, 3.8) is 0 Å². The summed E-state index contributed by atoms with van der Waals surface area (Å²) in [6, 6.07) is 15.5. The minimum absolute atomic E-state index is 0.0431. The van der Waals surface area contributed by atoms with Gasteiger partial charge in [-0.1, -0.05) is 36.4 Å². The number of fused-ring (bicyclic) bond motifs is 1. The summed E-state index contributed by atoms with van der Waals surface area (Å²) >= 11 is 0. The van der Waals surface area contributed by atoms with Gasteiger partial charge in [-0.3, -0.25) is 9.69 Å². The smallest absolute Gasteiger partial charge is 0.239 e. The Morgan fingerprint density at radius 3 is 2.48 bits per heavy atom. The molecule has 0 aromatic heterocycles. The number of carbonyl (C=O) groups excluding carboxylic acids is 1. The van der Waals surface area contributed by atoms with E-state index in [1.54, 1.807) is 0 Å². The van der Waals surface area contributed by atoms with E-state index in [0.29, 0.717) is 26.3 Å². The fourth-order valence-corrected chi connectivity index (χ4v) is 3.61. The van der Waals surface area contributed by atoms with Crippen LogP contribution in [0.1, 0.15) is 11.1 Å². The van der Waals surface area contributed by atoms with Crippen LogP contribution in [0.2, 0.25) is 0 Å². The molecule has 0 bridgehead atoms. The van der Waals surface area contributed by atoms with Crippen molar-refractivity contribution < 1.29 is 14.3 Å². The van der Waals surface area contributed by atoms with E-state index in [1.807, 2.05) is 47.4 Å². The van der Waals surface area contributed by atoms with Crippen LogP contribution in [0.4, 0.5) is 0 Å². The topological polar surface area (TPSA) is 68.0 Å². The summed E-state index contributed by atoms with van der Waals surface area (Å²) in [5, 5.41) is 0. The molecule has 2 N–H and O–H groups in total. The number of hydrogen-bond donors (Lipinski definition) is 1. The number of ether oxygens (including phenoxy) is 2. The summed E-state index contributed by atoms with van der Waals surface area (Å²) in [7, 11) is 0. The van der Waals surface area contributed by atoms with Crippen molar-refractivity contribution in [1.82, 2.24) is 9.80 Å². The minimum Gasteiger partial charge on any atom is -0.454 e. The molecule has 4 rings (SSSR count). The van der Waals surface area contributed by atoms with Crippen molar-refractivity contribution in [1.29, 1.82) is 0 Å². The van der Waals surface area contributed by atoms with Gasteiger partial charge in [0.1, 0.15) is 0 Å². The Bertz CT molecular complexity index is 789. The van der Waals surface area contributed by atoms with E-state index in [0.717, 1.165) is 36.7 Å². The van der Waals surface area contributed by atoms with E-state index in [2.05, 4.69) is 11.0 Å². The fourth-order valence-electron chi connectivity index (χ4n) is 3.61. The second-order valence-corrected chi connectivity index (χ2v) is 7.09. The fraction of sp³-hybridized carbons (Fsp3) is 0.381. The highest BCUT2D eigenvalue weighted by molar-refractivity contribution is 5.82. The second-order valence-electron chi connectivity index (χ2n) is 7.09. The van der Waals surface area contributed by atoms with Crippen LogP contribution in [0.5, 0.6) is 11.5 Å². The Morgan fingerprint density at radius 1 is 0.963 bits per heavy atom. The molecule has 2 aromatic rings. The van der Waals surface area contributed by atoms with Gasteiger partial charge < -0.3 is 20.1 Å². The molecule has 1 saturated heterocycles. The summed E-state index contributed by atoms with van der Waals surface area (Å²) in [6.45, 7) is 4.26. The number of benzene rings is 2. The van der Waals surface area contributed by atoms with Crippen molar-refractivity contribution in [2.24, 2.45) is 5.73 Å². The highest BCUT2D eigenvalue weighted by Crippen LogP contribution is 2.32. The predicted octanol–water partition coefficient (Wildman–Crippen LogP) is 1.63. The molecule has 1 unspecified atom stereocenters. The normalized spacial score (nSPS) is 17.7. The maximum Gasteiger partial charge on any atom is 0.239 e. The average Bonchev–Trinajstić information content (AvgIpc) is 3.16. The van der Waals surface area contributed by atoms with Gasteiger partial charge in [-0.2, -0.15) is 0 Å². The molecule has 2 aromatic carbocycles. The molecule has 27 heavy (non-hydrogen) atoms. The maximum atomic E-state index is 12.6. The Morgan fingerprint density at radius 2 is 1.70 bits per heavy atom. The molecule has 2 heterocycles. The average molecular weight is 367 g/mol. The Balaban J connectivity index is 1.27. The first-order valence-electron chi connectivity index (χ1n) is 9.38. The Kier molecular flexibility index (Phi) is 5.27. The molecule has 0 spiro atoms. The van der Waals surface area contributed by atoms with Gasteiger partial charge >= 0.3 is 0 Å². The lowest BCUT2D eigenvalue weighted by Gasteiger charge is -2.36. The highest BCUT2D eigenvalue weighted by Gasteiger charge is 2.25. The number of amides is 1. The Hall–Kier alpha value is -2.57. The standard InChI is InChI=1S/C21H25N3O3/c22-18(12-16-4-2-1-3-5-16)21(25)24-10-8-23(9-11-24)14-17-6-7-19-20(13-17)27-15-26-19/h1-7,13,18H,8-12,14-15,22H2. The van der Waals surface area contributed by atoms with Crippen molar-refractivity contribution in [3.8, 4) is 11.5 Å². The summed E-state index contributed by atoms with van der Waals surface area (Å²) in [4.78, 5) is 16.9. The Labute approximate surface area is 159 Å². The predicted molar refractivity (Wildman–Crippen MR) is 103 cm³/mol. The van der Waals surface area contributed by atoms with E-state index in [9.17, 15) is 4.79 Å². The van der Waals surface area contributed by atoms with Crippen LogP contribution in [0.15, 0.2) is 48.5 Å². The molecule has 2 aliphatic rings. The number of piperazine rings is 1. The first-order chi connectivity index (χ1) is 13.2. The van der Waals surface area contributed by atoms with Crippen molar-refractivity contribution in [2.45, 2.75) is 19.0 Å². The van der Waals surface area contributed by atoms with Gasteiger partial charge in [-0.25, -0.2) is 0 Å². The van der Waals surface area contributed by atoms with Crippen molar-refractivity contribution in [2.75, 3.05) is 33.0 Å². The lowest BCUT2D eigenvalue weighted by molar-refractivity contribution is -0.134. The number of carbonyl (C=O) groups is 1. The van der Waals surface area contributed by atoms with Gasteiger partial charge in [-0.05, 0) is 29.7 Å². The molecular weight excluding hydrogens is 342 g/mol. The molecule has 6 nitrogen and oxygen atoms in total. The number of nitrogens with two attached hydrogens (primary N) is 1. The van der Waals surface area contributed by atoms with Crippen LogP contribution in [0.25, 0.3) is 0 Å². The van der Waals surface area contributed by atoms with E-state index < -0.39 is 6.04 Å². The molecule has 6 heteroatoms. The molecule has 1 atom stereocenters. The lowest BCUT2D eigenvalue weighted by atomic mass is 10.1. The van der Waals surface area contributed by atoms with Crippen LogP contribution < -0.4 is 15.2 Å². The van der Waals surface area contributed by atoms with Crippen LogP contribution in [-0.2, 0) is 17.8 Å². The van der Waals surface area contributed by atoms with E-state index in [1.165, 1.54) is 5.56 Å². The molecule has 1 amide bonds. The largest absolute Gasteiger partial charge is 0.454 e. The molecular formula is C21H25N3O3. The maximum absolute atomic E-state index is 12.6. The molecule has 2 aliphatic heterocycles. The zero-order valence-corrected chi connectivity index (χ0v) is 15.3. The van der Waals surface area contributed by atoms with Gasteiger partial charge in [0.15, 0.2) is 11.5 Å². The third-order valence-corrected chi connectivity index (χ3v) is 5.14. The molecule has 0 saturated carbocycles. The van der Waals surface area contributed by atoms with E-state index in [-0.39, 0.29) is 5.91 Å². The van der Waals surface area contributed by atoms with Gasteiger partial charge in [0, 0.05) is 32.7 Å². The number of rotatable bonds is 5. The van der Waals surface area contributed by atoms with Crippen molar-refractivity contribution in [3.05, 3.63) is 59.7 Å². The van der Waals surface area contributed by atoms with Crippen LogP contribution >= 0.6 is 0 Å². The summed E-state index contributed by atoms with van der Waals surface area (Å²) in [5.41, 5.74) is 8.45. The minimum atomic E-state index is -0.479. The molecule has 142 valence electrons. The van der Waals surface area contributed by atoms with Gasteiger partial charge in [0.2, 0.25) is 12.7 Å². The number of nitrogens with zero attached hydrogens (tertiary/aromatic N) is 2. The SMILES string of the molecule is NC(Cc1ccccc1)C(=O)N1CCN(Cc2ccc3c(c2)OCO3)CC1. The van der Waals surface area contributed by atoms with Gasteiger partial charge in [0.05, 0.1) is 6.04 Å². The summed E-state index contributed by atoms with van der Waals surface area (Å²) in [5.74, 6) is 1.66. The van der Waals surface area contributed by atoms with Crippen LogP contribution in [0, 0.1) is 0 Å². The summed E-state index contributed by atoms with van der Waals surface area (Å²) in [6.07, 6.45) is 0.580. The third kappa shape index (κ3) is 4.23. The monoisotopic (exact) mass is 367 g/mol. The lowest BCUT2D eigenvalue weighted by Crippen LogP contribution is -2.53. The van der Waals surface area contributed by atoms with Gasteiger partial charge in [-0.15, -0.1) is 0 Å². The first-order valence-corrected chi connectivity index (χ1v) is 9.38. The van der Waals surface area contributed by atoms with E-state index >= 15 is 0 Å². The van der Waals surface area contributed by atoms with Crippen LogP contribution in [-0.4, -0.2) is 54.7 Å². The molecule has 0 aliphatic carbocycles. The van der Waals surface area contributed by atoms with E-state index in [4.69, 9.17) is 15.2 Å². The number of hydrogen-bond acceptors (Lipinski definition) is 5. The van der Waals surface area contributed by atoms with Gasteiger partial charge in [0.25, 0.3) is 0 Å². The molecule has 0 radical (unpaired) electrons. The quantitative estimate of drug-likeness (QED) is 0.870. The van der Waals surface area contributed by atoms with Crippen LogP contribution in [0.3, 0.4) is 0 Å². The second kappa shape index (κ2) is 7.98. The molecule has 1 fully saturated rings. The zero-order chi connectivity index (χ0) is 18.6. The first kappa shape index (κ1) is 17.8. The van der Waals surface area contributed by atoms with Crippen molar-refractivity contribution >= 4 is 5.91 Å². The highest BCUT2D eigenvalue weighted by atomic mass is 16.7. The zero-order valence-electron chi connectivity index (χ0n) is 15.3.